The smallest absolute Gasteiger partial charge is 0.107 e. The van der Waals surface area contributed by atoms with E-state index in [1.165, 1.54) is 0 Å². The highest BCUT2D eigenvalue weighted by molar-refractivity contribution is 7.80. The second kappa shape index (κ2) is 2.43. The van der Waals surface area contributed by atoms with E-state index in [0.29, 0.717) is 0 Å². The summed E-state index contributed by atoms with van der Waals surface area (Å²) < 4.78 is 0. The number of hydrogen-bond acceptors (Lipinski definition) is 2. The fraction of sp³-hybridized carbons (Fsp3) is 0.667. The lowest BCUT2D eigenvalue weighted by Crippen LogP contribution is -2.31. The minimum Gasteiger partial charge on any atom is -0.363 e. The molecule has 1 heterocycles. The second-order valence-corrected chi connectivity index (χ2v) is 2.70. The van der Waals surface area contributed by atoms with Crippen molar-refractivity contribution in [3.63, 3.8) is 0 Å². The summed E-state index contributed by atoms with van der Waals surface area (Å²) in [7, 11) is 2.03. The van der Waals surface area contributed by atoms with E-state index in [9.17, 15) is 0 Å². The molecular formula is C6H10N2S. The monoisotopic (exact) mass is 142 g/mol. The van der Waals surface area contributed by atoms with Crippen LogP contribution in [0.3, 0.4) is 0 Å². The van der Waals surface area contributed by atoms with Crippen molar-refractivity contribution in [1.82, 2.24) is 4.90 Å². The maximum atomic E-state index is 4.92. The highest BCUT2D eigenvalue weighted by atomic mass is 32.1. The van der Waals surface area contributed by atoms with Crippen molar-refractivity contribution in [2.24, 2.45) is 4.99 Å². The fourth-order valence-electron chi connectivity index (χ4n) is 0.747. The third-order valence-corrected chi connectivity index (χ3v) is 1.80. The highest BCUT2D eigenvalue weighted by Crippen LogP contribution is 2.01. The first-order valence-corrected chi connectivity index (χ1v) is 3.40. The van der Waals surface area contributed by atoms with Gasteiger partial charge in [0.05, 0.1) is 0 Å². The molecule has 0 radical (unpaired) electrons. The van der Waals surface area contributed by atoms with E-state index in [2.05, 4.69) is 9.89 Å². The Kier molecular flexibility index (Phi) is 1.81. The number of rotatable bonds is 0. The van der Waals surface area contributed by atoms with Gasteiger partial charge in [0.25, 0.3) is 0 Å². The minimum atomic E-state index is 0.839. The molecule has 0 saturated heterocycles. The zero-order valence-electron chi connectivity index (χ0n) is 5.72. The Morgan fingerprint density at radius 2 is 2.33 bits per heavy atom. The Morgan fingerprint density at radius 1 is 1.67 bits per heavy atom. The Bertz CT molecular complexity index is 162. The van der Waals surface area contributed by atoms with Gasteiger partial charge in [0.2, 0.25) is 0 Å². The molecule has 9 heavy (non-hydrogen) atoms. The summed E-state index contributed by atoms with van der Waals surface area (Å²) >= 11 is 4.92. The Hall–Kier alpha value is -0.440. The molecule has 0 aromatic carbocycles. The number of nitrogens with zero attached hydrogens (tertiary/aromatic N) is 2. The maximum Gasteiger partial charge on any atom is 0.107 e. The highest BCUT2D eigenvalue weighted by Gasteiger charge is 2.08. The van der Waals surface area contributed by atoms with Crippen LogP contribution in [0.1, 0.15) is 13.3 Å². The number of amidine groups is 1. The lowest BCUT2D eigenvalue weighted by Gasteiger charge is -2.22. The SMILES string of the molecule is CC1=NC(=S)CCN1C. The molecule has 1 rings (SSSR count). The molecule has 1 aliphatic heterocycles. The van der Waals surface area contributed by atoms with E-state index in [1.54, 1.807) is 0 Å². The van der Waals surface area contributed by atoms with E-state index in [4.69, 9.17) is 12.2 Å². The Balaban J connectivity index is 2.72. The van der Waals surface area contributed by atoms with E-state index >= 15 is 0 Å². The van der Waals surface area contributed by atoms with Crippen molar-refractivity contribution < 1.29 is 0 Å². The first-order valence-electron chi connectivity index (χ1n) is 2.99. The van der Waals surface area contributed by atoms with Crippen LogP contribution in [-0.2, 0) is 0 Å². The number of thiocarbonyl (C=S) groups is 1. The van der Waals surface area contributed by atoms with Gasteiger partial charge < -0.3 is 4.90 Å². The lowest BCUT2D eigenvalue weighted by atomic mass is 10.3. The van der Waals surface area contributed by atoms with Gasteiger partial charge in [-0.15, -0.1) is 0 Å². The zero-order chi connectivity index (χ0) is 6.85. The summed E-state index contributed by atoms with van der Waals surface area (Å²) in [5.41, 5.74) is 0. The third-order valence-electron chi connectivity index (χ3n) is 1.50. The van der Waals surface area contributed by atoms with Crippen LogP contribution in [0.15, 0.2) is 4.99 Å². The lowest BCUT2D eigenvalue weighted by molar-refractivity contribution is 0.508. The van der Waals surface area contributed by atoms with E-state index in [1.807, 2.05) is 14.0 Å². The summed E-state index contributed by atoms with van der Waals surface area (Å²) in [4.78, 5) is 7.08. The molecule has 50 valence electrons. The number of aliphatic imine (C=N–C) groups is 1. The zero-order valence-corrected chi connectivity index (χ0v) is 6.53. The molecule has 0 spiro atoms. The molecule has 0 aliphatic carbocycles. The standard InChI is InChI=1S/C6H10N2S/c1-5-7-6(9)3-4-8(5)2/h3-4H2,1-2H3. The van der Waals surface area contributed by atoms with Crippen molar-refractivity contribution in [2.45, 2.75) is 13.3 Å². The first kappa shape index (κ1) is 6.68. The normalized spacial score (nSPS) is 20.0. The van der Waals surface area contributed by atoms with E-state index in [0.717, 1.165) is 23.8 Å². The Morgan fingerprint density at radius 3 is 2.78 bits per heavy atom. The molecule has 0 bridgehead atoms. The molecule has 0 amide bonds. The van der Waals surface area contributed by atoms with Crippen LogP contribution in [-0.4, -0.2) is 29.3 Å². The van der Waals surface area contributed by atoms with Crippen molar-refractivity contribution in [3.05, 3.63) is 0 Å². The molecule has 3 heteroatoms. The summed E-state index contributed by atoms with van der Waals surface area (Å²) in [6.07, 6.45) is 0.934. The molecule has 0 N–H and O–H groups in total. The van der Waals surface area contributed by atoms with Gasteiger partial charge in [0.1, 0.15) is 10.8 Å². The average molecular weight is 142 g/mol. The van der Waals surface area contributed by atoms with Crippen molar-refractivity contribution in [1.29, 1.82) is 0 Å². The molecule has 0 aromatic rings. The van der Waals surface area contributed by atoms with Crippen molar-refractivity contribution in [2.75, 3.05) is 13.6 Å². The minimum absolute atomic E-state index is 0.839. The van der Waals surface area contributed by atoms with Crippen LogP contribution < -0.4 is 0 Å². The van der Waals surface area contributed by atoms with Crippen molar-refractivity contribution >= 4 is 23.0 Å². The van der Waals surface area contributed by atoms with Gasteiger partial charge in [0.15, 0.2) is 0 Å². The molecular weight excluding hydrogens is 132 g/mol. The predicted molar refractivity (Wildman–Crippen MR) is 43.0 cm³/mol. The van der Waals surface area contributed by atoms with E-state index in [-0.39, 0.29) is 0 Å². The van der Waals surface area contributed by atoms with E-state index < -0.39 is 0 Å². The fourth-order valence-corrected chi connectivity index (χ4v) is 0.970. The molecule has 0 unspecified atom stereocenters. The maximum absolute atomic E-state index is 4.92. The molecule has 0 atom stereocenters. The van der Waals surface area contributed by atoms with Gasteiger partial charge in [-0.3, -0.25) is 0 Å². The summed E-state index contributed by atoms with van der Waals surface area (Å²) in [5.74, 6) is 1.03. The second-order valence-electron chi connectivity index (χ2n) is 2.22. The van der Waals surface area contributed by atoms with Crippen LogP contribution in [0.25, 0.3) is 0 Å². The van der Waals surface area contributed by atoms with Crippen LogP contribution in [0.5, 0.6) is 0 Å². The van der Waals surface area contributed by atoms with Gasteiger partial charge in [0, 0.05) is 20.0 Å². The van der Waals surface area contributed by atoms with Gasteiger partial charge >= 0.3 is 0 Å². The van der Waals surface area contributed by atoms with Crippen LogP contribution in [0.2, 0.25) is 0 Å². The summed E-state index contributed by atoms with van der Waals surface area (Å²) in [6.45, 7) is 3.00. The topological polar surface area (TPSA) is 15.6 Å². The summed E-state index contributed by atoms with van der Waals surface area (Å²) in [5, 5.41) is 0. The third kappa shape index (κ3) is 1.48. The van der Waals surface area contributed by atoms with Crippen LogP contribution in [0.4, 0.5) is 0 Å². The largest absolute Gasteiger partial charge is 0.363 e. The van der Waals surface area contributed by atoms with Gasteiger partial charge in [-0.05, 0) is 6.92 Å². The number of hydrogen-bond donors (Lipinski definition) is 0. The molecule has 2 nitrogen and oxygen atoms in total. The van der Waals surface area contributed by atoms with Gasteiger partial charge in [-0.25, -0.2) is 4.99 Å². The first-order chi connectivity index (χ1) is 4.20. The average Bonchev–Trinajstić information content (AvgIpc) is 1.80. The predicted octanol–water partition coefficient (Wildman–Crippen LogP) is 1.07. The molecule has 0 saturated carbocycles. The molecule has 0 aromatic heterocycles. The summed E-state index contributed by atoms with van der Waals surface area (Å²) in [6, 6.07) is 0. The quantitative estimate of drug-likeness (QED) is 0.470. The molecule has 0 fully saturated rings. The van der Waals surface area contributed by atoms with Crippen LogP contribution in [0, 0.1) is 0 Å². The van der Waals surface area contributed by atoms with Crippen LogP contribution >= 0.6 is 12.2 Å². The van der Waals surface area contributed by atoms with Gasteiger partial charge in [-0.2, -0.15) is 0 Å². The van der Waals surface area contributed by atoms with Gasteiger partial charge in [-0.1, -0.05) is 12.2 Å². The Labute approximate surface area is 60.6 Å². The van der Waals surface area contributed by atoms with Crippen molar-refractivity contribution in [3.8, 4) is 0 Å². The molecule has 1 aliphatic rings.